The lowest BCUT2D eigenvalue weighted by Gasteiger charge is -2.31. The molecule has 32 heavy (non-hydrogen) atoms. The fourth-order valence-electron chi connectivity index (χ4n) is 3.42. The van der Waals surface area contributed by atoms with E-state index in [1.165, 1.54) is 24.3 Å². The van der Waals surface area contributed by atoms with Crippen LogP contribution in [0.5, 0.6) is 5.75 Å². The van der Waals surface area contributed by atoms with Crippen LogP contribution in [-0.4, -0.2) is 41.8 Å². The summed E-state index contributed by atoms with van der Waals surface area (Å²) >= 11 is 0. The van der Waals surface area contributed by atoms with Crippen molar-refractivity contribution in [2.45, 2.75) is 46.1 Å². The van der Waals surface area contributed by atoms with Gasteiger partial charge in [-0.25, -0.2) is 9.98 Å². The number of hydrogen-bond acceptors (Lipinski definition) is 5. The Kier molecular flexibility index (Phi) is 9.62. The molecule has 0 amide bonds. The van der Waals surface area contributed by atoms with Crippen molar-refractivity contribution in [3.8, 4) is 5.75 Å². The molecule has 0 bridgehead atoms. The maximum absolute atomic E-state index is 12.2. The number of piperidine rings is 1. The Bertz CT molecular complexity index is 859. The molecule has 2 aromatic rings. The Hall–Kier alpha value is -2.02. The Labute approximate surface area is 202 Å². The minimum Gasteiger partial charge on any atom is -0.444 e. The molecule has 7 nitrogen and oxygen atoms in total. The first kappa shape index (κ1) is 26.2. The molecule has 1 saturated heterocycles. The smallest absolute Gasteiger partial charge is 0.444 e. The van der Waals surface area contributed by atoms with Crippen LogP contribution in [0.3, 0.4) is 0 Å². The van der Waals surface area contributed by atoms with Crippen molar-refractivity contribution < 1.29 is 22.3 Å². The number of ether oxygens (including phenoxy) is 1. The molecule has 11 heteroatoms. The molecule has 0 saturated carbocycles. The van der Waals surface area contributed by atoms with Crippen molar-refractivity contribution in [3.05, 3.63) is 47.2 Å². The number of guanidine groups is 1. The van der Waals surface area contributed by atoms with Crippen molar-refractivity contribution >= 4 is 29.9 Å². The fraction of sp³-hybridized carbons (Fsp3) is 0.524. The monoisotopic (exact) mass is 567 g/mol. The summed E-state index contributed by atoms with van der Waals surface area (Å²) in [6.07, 6.45) is -2.61. The zero-order valence-corrected chi connectivity index (χ0v) is 20.4. The van der Waals surface area contributed by atoms with E-state index in [2.05, 4.69) is 24.9 Å². The van der Waals surface area contributed by atoms with Crippen LogP contribution in [0.1, 0.15) is 35.7 Å². The number of nitrogens with one attached hydrogen (secondary N) is 1. The molecular formula is C21H29F3IN5O2. The normalized spacial score (nSPS) is 16.0. The second-order valence-electron chi connectivity index (χ2n) is 7.74. The molecule has 1 aliphatic heterocycles. The summed E-state index contributed by atoms with van der Waals surface area (Å²) in [6.45, 7) is 7.55. The summed E-state index contributed by atoms with van der Waals surface area (Å²) in [4.78, 5) is 11.0. The Morgan fingerprint density at radius 3 is 2.47 bits per heavy atom. The molecule has 3 N–H and O–H groups in total. The van der Waals surface area contributed by atoms with Gasteiger partial charge in [0.15, 0.2) is 5.96 Å². The highest BCUT2D eigenvalue weighted by atomic mass is 127. The van der Waals surface area contributed by atoms with E-state index in [1.54, 1.807) is 0 Å². The molecule has 178 valence electrons. The first-order valence-corrected chi connectivity index (χ1v) is 10.2. The highest BCUT2D eigenvalue weighted by Crippen LogP contribution is 2.23. The van der Waals surface area contributed by atoms with E-state index in [0.29, 0.717) is 11.9 Å². The van der Waals surface area contributed by atoms with Gasteiger partial charge in [-0.2, -0.15) is 0 Å². The zero-order valence-electron chi connectivity index (χ0n) is 18.1. The van der Waals surface area contributed by atoms with Crippen molar-refractivity contribution in [2.75, 3.05) is 19.6 Å². The summed E-state index contributed by atoms with van der Waals surface area (Å²) in [6, 6.07) is 5.59. The molecular weight excluding hydrogens is 538 g/mol. The van der Waals surface area contributed by atoms with Gasteiger partial charge in [-0.15, -0.1) is 37.1 Å². The van der Waals surface area contributed by atoms with Crippen molar-refractivity contribution in [1.29, 1.82) is 0 Å². The van der Waals surface area contributed by atoms with Gasteiger partial charge in [0, 0.05) is 6.54 Å². The van der Waals surface area contributed by atoms with Crippen molar-refractivity contribution in [3.63, 3.8) is 0 Å². The molecule has 0 unspecified atom stereocenters. The van der Waals surface area contributed by atoms with Gasteiger partial charge in [-0.3, -0.25) is 4.90 Å². The second-order valence-corrected chi connectivity index (χ2v) is 7.74. The van der Waals surface area contributed by atoms with Gasteiger partial charge >= 0.3 is 6.36 Å². The minimum absolute atomic E-state index is 0. The fourth-order valence-corrected chi connectivity index (χ4v) is 3.42. The molecule has 3 rings (SSSR count). The van der Waals surface area contributed by atoms with E-state index in [1.807, 2.05) is 13.8 Å². The lowest BCUT2D eigenvalue weighted by Crippen LogP contribution is -2.40. The van der Waals surface area contributed by atoms with Crippen LogP contribution >= 0.6 is 24.0 Å². The van der Waals surface area contributed by atoms with Crippen LogP contribution in [0.4, 0.5) is 13.2 Å². The van der Waals surface area contributed by atoms with Gasteiger partial charge in [0.1, 0.15) is 11.5 Å². The number of halogens is 4. The molecule has 0 radical (unpaired) electrons. The van der Waals surface area contributed by atoms with Crippen LogP contribution in [0.15, 0.2) is 33.7 Å². The lowest BCUT2D eigenvalue weighted by atomic mass is 9.97. The van der Waals surface area contributed by atoms with Gasteiger partial charge in [-0.1, -0.05) is 12.1 Å². The summed E-state index contributed by atoms with van der Waals surface area (Å²) < 4.78 is 46.1. The number of aliphatic imine (C=N–C) groups is 1. The number of benzene rings is 1. The second kappa shape index (κ2) is 11.7. The predicted octanol–water partition coefficient (Wildman–Crippen LogP) is 4.12. The molecule has 1 aromatic heterocycles. The first-order valence-electron chi connectivity index (χ1n) is 10.2. The number of nitrogens with two attached hydrogens (primary N) is 1. The maximum Gasteiger partial charge on any atom is 0.573 e. The van der Waals surface area contributed by atoms with E-state index in [-0.39, 0.29) is 36.3 Å². The molecule has 0 atom stereocenters. The summed E-state index contributed by atoms with van der Waals surface area (Å²) in [7, 11) is 0. The number of oxazole rings is 1. The summed E-state index contributed by atoms with van der Waals surface area (Å²) in [5.74, 6) is 2.20. The van der Waals surface area contributed by atoms with Gasteiger partial charge in [-0.05, 0) is 63.4 Å². The van der Waals surface area contributed by atoms with E-state index in [4.69, 9.17) is 10.2 Å². The molecule has 0 spiro atoms. The number of alkyl halides is 3. The standard InChI is InChI=1S/C21H28F3N5O2.HI/c1-14-15(2)30-19(28-14)13-29-9-7-17(8-10-29)12-27-20(25)26-11-16-3-5-18(6-4-16)31-21(22,23)24;/h3-6,17H,7-13H2,1-2H3,(H3,25,26,27);1H. The highest BCUT2D eigenvalue weighted by molar-refractivity contribution is 14.0. The Morgan fingerprint density at radius 2 is 1.91 bits per heavy atom. The first-order chi connectivity index (χ1) is 14.7. The SMILES string of the molecule is Cc1nc(CN2CCC(CNC(N)=NCc3ccc(OC(F)(F)F)cc3)CC2)oc1C.I. The Morgan fingerprint density at radius 1 is 1.25 bits per heavy atom. The molecule has 1 aromatic carbocycles. The minimum atomic E-state index is -4.70. The Balaban J connectivity index is 0.00000363. The average molecular weight is 567 g/mol. The largest absolute Gasteiger partial charge is 0.573 e. The summed E-state index contributed by atoms with van der Waals surface area (Å²) in [5, 5.41) is 3.15. The van der Waals surface area contributed by atoms with Crippen LogP contribution in [0.2, 0.25) is 0 Å². The molecule has 1 fully saturated rings. The molecule has 1 aliphatic rings. The van der Waals surface area contributed by atoms with Crippen LogP contribution in [-0.2, 0) is 13.1 Å². The lowest BCUT2D eigenvalue weighted by molar-refractivity contribution is -0.274. The van der Waals surface area contributed by atoms with Gasteiger partial charge < -0.3 is 20.2 Å². The third kappa shape index (κ3) is 8.49. The summed E-state index contributed by atoms with van der Waals surface area (Å²) in [5.41, 5.74) is 7.61. The van der Waals surface area contributed by atoms with Crippen LogP contribution in [0.25, 0.3) is 0 Å². The maximum atomic E-state index is 12.2. The number of rotatable bonds is 7. The van der Waals surface area contributed by atoms with Gasteiger partial charge in [0.2, 0.25) is 5.89 Å². The van der Waals surface area contributed by atoms with Crippen molar-refractivity contribution in [1.82, 2.24) is 15.2 Å². The van der Waals surface area contributed by atoms with E-state index in [9.17, 15) is 13.2 Å². The van der Waals surface area contributed by atoms with E-state index >= 15 is 0 Å². The van der Waals surface area contributed by atoms with Crippen LogP contribution < -0.4 is 15.8 Å². The number of nitrogens with zero attached hydrogens (tertiary/aromatic N) is 3. The van der Waals surface area contributed by atoms with Crippen molar-refractivity contribution in [2.24, 2.45) is 16.6 Å². The zero-order chi connectivity index (χ0) is 22.4. The third-order valence-electron chi connectivity index (χ3n) is 5.30. The van der Waals surface area contributed by atoms with Crippen LogP contribution in [0, 0.1) is 19.8 Å². The number of aromatic nitrogens is 1. The predicted molar refractivity (Wildman–Crippen MR) is 126 cm³/mol. The number of aryl methyl sites for hydroxylation is 2. The number of hydrogen-bond donors (Lipinski definition) is 2. The van der Waals surface area contributed by atoms with E-state index < -0.39 is 6.36 Å². The molecule has 0 aliphatic carbocycles. The quantitative estimate of drug-likeness (QED) is 0.298. The topological polar surface area (TPSA) is 88.9 Å². The average Bonchev–Trinajstić information content (AvgIpc) is 3.02. The molecule has 2 heterocycles. The van der Waals surface area contributed by atoms with Gasteiger partial charge in [0.25, 0.3) is 0 Å². The third-order valence-corrected chi connectivity index (χ3v) is 5.30. The number of likely N-dealkylation sites (tertiary alicyclic amines) is 1. The van der Waals surface area contributed by atoms with E-state index in [0.717, 1.165) is 61.9 Å². The highest BCUT2D eigenvalue weighted by Gasteiger charge is 2.30. The van der Waals surface area contributed by atoms with Gasteiger partial charge in [0.05, 0.1) is 18.8 Å².